The third-order valence-corrected chi connectivity index (χ3v) is 14.9. The number of benzene rings is 8. The molecule has 12 rings (SSSR count). The van der Waals surface area contributed by atoms with E-state index >= 15 is 0 Å². The maximum atomic E-state index is 2.53. The van der Waals surface area contributed by atoms with Gasteiger partial charge < -0.3 is 9.47 Å². The molecule has 2 saturated carbocycles. The van der Waals surface area contributed by atoms with Gasteiger partial charge in [0.2, 0.25) is 0 Å². The first-order valence-corrected chi connectivity index (χ1v) is 21.8. The van der Waals surface area contributed by atoms with Crippen LogP contribution in [0, 0.1) is 11.8 Å². The molecular formula is C55H44N2S. The summed E-state index contributed by atoms with van der Waals surface area (Å²) in [5, 5.41) is 7.73. The van der Waals surface area contributed by atoms with Crippen molar-refractivity contribution in [1.82, 2.24) is 4.57 Å². The summed E-state index contributed by atoms with van der Waals surface area (Å²) in [6.07, 6.45) is 6.90. The average Bonchev–Trinajstić information content (AvgIpc) is 3.94. The van der Waals surface area contributed by atoms with E-state index in [9.17, 15) is 0 Å². The number of rotatable bonds is 6. The van der Waals surface area contributed by atoms with Crippen LogP contribution < -0.4 is 4.90 Å². The molecule has 0 amide bonds. The fourth-order valence-corrected chi connectivity index (χ4v) is 12.2. The Hall–Kier alpha value is -6.16. The van der Waals surface area contributed by atoms with Gasteiger partial charge in [0.25, 0.3) is 0 Å². The van der Waals surface area contributed by atoms with Gasteiger partial charge in [-0.25, -0.2) is 0 Å². The Morgan fingerprint density at radius 1 is 0.517 bits per heavy atom. The summed E-state index contributed by atoms with van der Waals surface area (Å²) in [7, 11) is 0. The first-order valence-electron chi connectivity index (χ1n) is 21.0. The molecule has 2 unspecified atom stereocenters. The zero-order chi connectivity index (χ0) is 38.4. The number of nitrogens with zero attached hydrogens (tertiary/aromatic N) is 2. The topological polar surface area (TPSA) is 8.17 Å². The molecule has 3 atom stereocenters. The number of thiophene rings is 1. The number of hydrogen-bond acceptors (Lipinski definition) is 2. The van der Waals surface area contributed by atoms with Crippen LogP contribution in [0.5, 0.6) is 0 Å². The van der Waals surface area contributed by atoms with Crippen molar-refractivity contribution in [3.8, 4) is 16.8 Å². The predicted octanol–water partition coefficient (Wildman–Crippen LogP) is 15.9. The quantitative estimate of drug-likeness (QED) is 0.164. The highest BCUT2D eigenvalue weighted by Gasteiger charge is 2.41. The fraction of sp³-hybridized carbons (Fsp3) is 0.164. The lowest BCUT2D eigenvalue weighted by Gasteiger charge is -2.38. The zero-order valence-electron chi connectivity index (χ0n) is 32.7. The molecule has 2 nitrogen and oxygen atoms in total. The first-order chi connectivity index (χ1) is 28.6. The Morgan fingerprint density at radius 2 is 1.17 bits per heavy atom. The Labute approximate surface area is 343 Å². The largest absolute Gasteiger partial charge is 0.310 e. The summed E-state index contributed by atoms with van der Waals surface area (Å²) in [5.41, 5.74) is 11.3. The second-order valence-corrected chi connectivity index (χ2v) is 18.4. The van der Waals surface area contributed by atoms with Crippen LogP contribution in [0.4, 0.5) is 17.1 Å². The average molecular weight is 765 g/mol. The summed E-state index contributed by atoms with van der Waals surface area (Å²) in [5.74, 6) is 1.77. The van der Waals surface area contributed by atoms with Crippen molar-refractivity contribution in [1.29, 1.82) is 0 Å². The van der Waals surface area contributed by atoms with Crippen LogP contribution in [-0.4, -0.2) is 4.57 Å². The molecule has 0 N–H and O–H groups in total. The molecule has 0 saturated heterocycles. The zero-order valence-corrected chi connectivity index (χ0v) is 33.6. The smallest absolute Gasteiger partial charge is 0.0562 e. The van der Waals surface area contributed by atoms with Gasteiger partial charge in [-0.05, 0) is 131 Å². The maximum absolute atomic E-state index is 2.53. The van der Waals surface area contributed by atoms with Gasteiger partial charge in [-0.1, -0.05) is 129 Å². The van der Waals surface area contributed by atoms with E-state index < -0.39 is 0 Å². The van der Waals surface area contributed by atoms with Gasteiger partial charge in [0.1, 0.15) is 0 Å². The number of anilines is 3. The van der Waals surface area contributed by atoms with Gasteiger partial charge in [0.05, 0.1) is 11.0 Å². The van der Waals surface area contributed by atoms with Gasteiger partial charge >= 0.3 is 0 Å². The van der Waals surface area contributed by atoms with Crippen LogP contribution in [0.25, 0.3) is 69.6 Å². The number of fused-ring (bicyclic) bond motifs is 10. The molecule has 2 aliphatic carbocycles. The van der Waals surface area contributed by atoms with Gasteiger partial charge in [-0.15, -0.1) is 11.3 Å². The van der Waals surface area contributed by atoms with Crippen molar-refractivity contribution < 1.29 is 0 Å². The van der Waals surface area contributed by atoms with E-state index in [0.29, 0.717) is 0 Å². The third kappa shape index (κ3) is 5.44. The highest BCUT2D eigenvalue weighted by Crippen LogP contribution is 2.52. The summed E-state index contributed by atoms with van der Waals surface area (Å²) in [4.78, 5) is 2.49. The molecule has 2 bridgehead atoms. The van der Waals surface area contributed by atoms with Crippen molar-refractivity contribution in [3.05, 3.63) is 181 Å². The molecule has 10 aromatic rings. The first kappa shape index (κ1) is 33.9. The van der Waals surface area contributed by atoms with E-state index in [1.54, 1.807) is 0 Å². The van der Waals surface area contributed by atoms with Crippen molar-refractivity contribution in [2.75, 3.05) is 4.90 Å². The number of aromatic nitrogens is 1. The molecule has 2 aliphatic rings. The van der Waals surface area contributed by atoms with E-state index in [1.807, 2.05) is 11.3 Å². The maximum Gasteiger partial charge on any atom is 0.0562 e. The summed E-state index contributed by atoms with van der Waals surface area (Å²) < 4.78 is 5.13. The summed E-state index contributed by atoms with van der Waals surface area (Å²) in [6, 6.07) is 65.9. The highest BCUT2D eigenvalue weighted by molar-refractivity contribution is 7.25. The Bertz CT molecular complexity index is 3160. The lowest BCUT2D eigenvalue weighted by molar-refractivity contribution is 0.232. The third-order valence-electron chi connectivity index (χ3n) is 13.7. The highest BCUT2D eigenvalue weighted by atomic mass is 32.1. The predicted molar refractivity (Wildman–Crippen MR) is 249 cm³/mol. The minimum Gasteiger partial charge on any atom is -0.310 e. The standard InChI is InChI=1S/C55H44N2S/c1-55(34-36-15-16-37(31-36)35-55)41-20-24-42(25-21-41)56(44-27-30-53-49(32-44)47-13-7-8-14-52(47)58-53)45-26-28-48-51(33-45)57(50-29-19-40-11-5-6-12-46(40)54(48)50)43-22-17-39(18-23-43)38-9-3-2-4-10-38/h2-14,17-30,32-33,36-37H,15-16,31,34-35H2,1H3/t36-,37?,55?/m0/s1. The van der Waals surface area contributed by atoms with Crippen molar-refractivity contribution in [3.63, 3.8) is 0 Å². The molecule has 2 fully saturated rings. The second-order valence-electron chi connectivity index (χ2n) is 17.3. The summed E-state index contributed by atoms with van der Waals surface area (Å²) >= 11 is 1.88. The molecule has 2 heterocycles. The van der Waals surface area contributed by atoms with Gasteiger partial charge in [0, 0.05) is 53.7 Å². The van der Waals surface area contributed by atoms with E-state index in [0.717, 1.165) is 23.2 Å². The van der Waals surface area contributed by atoms with Crippen LogP contribution in [-0.2, 0) is 5.41 Å². The fourth-order valence-electron chi connectivity index (χ4n) is 11.1. The van der Waals surface area contributed by atoms with Crippen molar-refractivity contribution >= 4 is 81.1 Å². The lowest BCUT2D eigenvalue weighted by Crippen LogP contribution is -2.30. The molecule has 58 heavy (non-hydrogen) atoms. The van der Waals surface area contributed by atoms with E-state index in [1.165, 1.54) is 113 Å². The van der Waals surface area contributed by atoms with Crippen LogP contribution in [0.15, 0.2) is 176 Å². The second kappa shape index (κ2) is 13.2. The minimum absolute atomic E-state index is 0.251. The Kier molecular flexibility index (Phi) is 7.72. The van der Waals surface area contributed by atoms with Crippen molar-refractivity contribution in [2.45, 2.75) is 44.4 Å². The van der Waals surface area contributed by atoms with Crippen LogP contribution in [0.1, 0.15) is 44.6 Å². The molecular weight excluding hydrogens is 721 g/mol. The molecule has 280 valence electrons. The molecule has 2 aromatic heterocycles. The lowest BCUT2D eigenvalue weighted by atomic mass is 9.66. The monoisotopic (exact) mass is 764 g/mol. The SMILES string of the molecule is CC1(c2ccc(N(c3ccc4sc5ccccc5c4c3)c3ccc4c5c6ccccc6ccc5n(-c5ccc(-c6ccccc6)cc5)c4c3)cc2)CC2CC[C@@H](C2)C1. The van der Waals surface area contributed by atoms with Crippen LogP contribution in [0.3, 0.4) is 0 Å². The molecule has 0 radical (unpaired) electrons. The normalized spacial score (nSPS) is 19.2. The number of hydrogen-bond donors (Lipinski definition) is 0. The molecule has 0 aliphatic heterocycles. The van der Waals surface area contributed by atoms with E-state index in [-0.39, 0.29) is 5.41 Å². The Morgan fingerprint density at radius 3 is 1.98 bits per heavy atom. The van der Waals surface area contributed by atoms with Crippen molar-refractivity contribution in [2.24, 2.45) is 11.8 Å². The molecule has 0 spiro atoms. The van der Waals surface area contributed by atoms with Gasteiger partial charge in [0.15, 0.2) is 0 Å². The summed E-state index contributed by atoms with van der Waals surface area (Å²) in [6.45, 7) is 2.53. The minimum atomic E-state index is 0.251. The Balaban J connectivity index is 1.06. The van der Waals surface area contributed by atoms with Crippen LogP contribution >= 0.6 is 11.3 Å². The molecule has 3 heteroatoms. The van der Waals surface area contributed by atoms with Gasteiger partial charge in [-0.2, -0.15) is 0 Å². The van der Waals surface area contributed by atoms with E-state index in [2.05, 4.69) is 192 Å². The van der Waals surface area contributed by atoms with E-state index in [4.69, 9.17) is 0 Å². The van der Waals surface area contributed by atoms with Crippen LogP contribution in [0.2, 0.25) is 0 Å². The molecule has 8 aromatic carbocycles. The van der Waals surface area contributed by atoms with Gasteiger partial charge in [-0.3, -0.25) is 0 Å².